The molecule has 0 aliphatic heterocycles. The van der Waals surface area contributed by atoms with Crippen LogP contribution in [-0.4, -0.2) is 74.9 Å². The first-order chi connectivity index (χ1) is 15.5. The first-order valence-corrected chi connectivity index (χ1v) is 10.2. The number of halogens is 1. The molecule has 34 heavy (non-hydrogen) atoms. The van der Waals surface area contributed by atoms with Gasteiger partial charge in [-0.3, -0.25) is 24.1 Å². The number of aliphatic hydroxyl groups is 3. The Bertz CT molecular complexity index is 1190. The topological polar surface area (TPSA) is 190 Å². The third kappa shape index (κ3) is 3.19. The fraction of sp³-hybridized carbons (Fsp3) is 0.364. The van der Waals surface area contributed by atoms with Gasteiger partial charge in [-0.15, -0.1) is 12.4 Å². The maximum Gasteiger partial charge on any atom is 0.255 e. The molecular weight excluding hydrogens is 470 g/mol. The molecule has 7 N–H and O–H groups in total. The molecule has 1 aromatic carbocycles. The minimum absolute atomic E-state index is 0. The third-order valence-corrected chi connectivity index (χ3v) is 6.81. The van der Waals surface area contributed by atoms with Gasteiger partial charge in [0.25, 0.3) is 5.91 Å². The number of Topliss-reactive ketones (excluding diaryl/α,β-unsaturated/α-hetero) is 2. The average molecular weight is 494 g/mol. The number of nitrogens with zero attached hydrogens (tertiary/aromatic N) is 1. The SMILES string of the molecule is CN(C)[C@@H]1C(O)=C(C(N)=O)C(=O)C2(O)C(O)=C3C(=O)c4c(ccc(NC=O)c4O)CC3CC12.Cl. The number of ketones is 2. The van der Waals surface area contributed by atoms with Crippen LogP contribution in [0.15, 0.2) is 34.8 Å². The van der Waals surface area contributed by atoms with E-state index in [1.165, 1.54) is 11.0 Å². The highest BCUT2D eigenvalue weighted by Gasteiger charge is 2.63. The standard InChI is InChI=1S/C22H23N3O8.ClH/c1-25(2)15-10-6-9-5-8-3-4-11(24-7-26)16(27)12(8)17(28)13(9)19(30)22(10,33)20(31)14(18(15)29)21(23)32;/h3-4,7,9-10,15,27,29-30,33H,5-6H2,1-2H3,(H2,23,32)(H,24,26);1H/t9?,10?,15-,22?;/m0./s1. The summed E-state index contributed by atoms with van der Waals surface area (Å²) in [6, 6.07) is 1.96. The Hall–Kier alpha value is -3.41. The molecular formula is C22H24ClN3O8. The van der Waals surface area contributed by atoms with Gasteiger partial charge >= 0.3 is 0 Å². The summed E-state index contributed by atoms with van der Waals surface area (Å²) in [5.41, 5.74) is 1.76. The van der Waals surface area contributed by atoms with Gasteiger partial charge in [-0.2, -0.15) is 0 Å². The zero-order valence-corrected chi connectivity index (χ0v) is 19.0. The van der Waals surface area contributed by atoms with Crippen LogP contribution in [0.25, 0.3) is 0 Å². The lowest BCUT2D eigenvalue weighted by molar-refractivity contribution is -0.148. The molecule has 0 radical (unpaired) electrons. The van der Waals surface area contributed by atoms with Crippen LogP contribution in [0.3, 0.4) is 0 Å². The van der Waals surface area contributed by atoms with Crippen molar-refractivity contribution in [3.05, 3.63) is 45.9 Å². The van der Waals surface area contributed by atoms with Crippen LogP contribution in [0.1, 0.15) is 22.3 Å². The molecule has 3 aliphatic rings. The molecule has 0 saturated heterocycles. The second kappa shape index (κ2) is 8.42. The summed E-state index contributed by atoms with van der Waals surface area (Å²) < 4.78 is 0. The Morgan fingerprint density at radius 2 is 1.88 bits per heavy atom. The predicted molar refractivity (Wildman–Crippen MR) is 121 cm³/mol. The molecule has 0 saturated carbocycles. The molecule has 1 aromatic rings. The van der Waals surface area contributed by atoms with E-state index < -0.39 is 63.8 Å². The van der Waals surface area contributed by atoms with Gasteiger partial charge in [0, 0.05) is 11.5 Å². The van der Waals surface area contributed by atoms with Crippen LogP contribution in [0.4, 0.5) is 5.69 Å². The summed E-state index contributed by atoms with van der Waals surface area (Å²) in [7, 11) is 3.12. The van der Waals surface area contributed by atoms with Crippen molar-refractivity contribution >= 4 is 42.0 Å². The Kier molecular flexibility index (Phi) is 6.25. The number of nitrogens with two attached hydrogens (primary N) is 1. The number of allylic oxidation sites excluding steroid dienone is 1. The van der Waals surface area contributed by atoms with Crippen molar-refractivity contribution in [2.45, 2.75) is 24.5 Å². The van der Waals surface area contributed by atoms with Gasteiger partial charge in [-0.05, 0) is 44.5 Å². The van der Waals surface area contributed by atoms with Crippen molar-refractivity contribution in [2.24, 2.45) is 17.6 Å². The van der Waals surface area contributed by atoms with E-state index >= 15 is 0 Å². The van der Waals surface area contributed by atoms with Crippen LogP contribution in [-0.2, 0) is 20.8 Å². The smallest absolute Gasteiger partial charge is 0.255 e. The molecule has 0 spiro atoms. The fourth-order valence-electron chi connectivity index (χ4n) is 5.41. The molecule has 3 unspecified atom stereocenters. The lowest BCUT2D eigenvalue weighted by atomic mass is 9.58. The first kappa shape index (κ1) is 25.2. The van der Waals surface area contributed by atoms with E-state index in [2.05, 4.69) is 5.32 Å². The van der Waals surface area contributed by atoms with Crippen LogP contribution >= 0.6 is 12.4 Å². The van der Waals surface area contributed by atoms with Gasteiger partial charge < -0.3 is 31.5 Å². The van der Waals surface area contributed by atoms with E-state index in [1.807, 2.05) is 0 Å². The van der Waals surface area contributed by atoms with Crippen molar-refractivity contribution in [3.63, 3.8) is 0 Å². The van der Waals surface area contributed by atoms with E-state index in [0.717, 1.165) is 0 Å². The number of benzene rings is 1. The number of likely N-dealkylation sites (N-methyl/N-ethyl adjacent to an activating group) is 1. The lowest BCUT2D eigenvalue weighted by Crippen LogP contribution is -2.63. The number of carbonyl (C=O) groups is 4. The summed E-state index contributed by atoms with van der Waals surface area (Å²) >= 11 is 0. The highest BCUT2D eigenvalue weighted by atomic mass is 35.5. The summed E-state index contributed by atoms with van der Waals surface area (Å²) in [6.45, 7) is 0. The Balaban J connectivity index is 0.00000324. The number of phenols is 1. The molecule has 0 bridgehead atoms. The number of primary amides is 1. The number of carbonyl (C=O) groups excluding carboxylic acids is 4. The molecule has 182 valence electrons. The van der Waals surface area contributed by atoms with E-state index in [9.17, 15) is 39.6 Å². The van der Waals surface area contributed by atoms with Crippen LogP contribution in [0.2, 0.25) is 0 Å². The zero-order chi connectivity index (χ0) is 24.4. The molecule has 4 atom stereocenters. The summed E-state index contributed by atoms with van der Waals surface area (Å²) in [6.07, 6.45) is 0.527. The third-order valence-electron chi connectivity index (χ3n) is 6.81. The summed E-state index contributed by atoms with van der Waals surface area (Å²) in [4.78, 5) is 50.8. The largest absolute Gasteiger partial charge is 0.510 e. The Morgan fingerprint density at radius 1 is 1.24 bits per heavy atom. The number of nitrogens with one attached hydrogen (secondary N) is 1. The fourth-order valence-corrected chi connectivity index (χ4v) is 5.41. The van der Waals surface area contributed by atoms with Gasteiger partial charge in [0.2, 0.25) is 12.2 Å². The van der Waals surface area contributed by atoms with E-state index in [0.29, 0.717) is 12.0 Å². The van der Waals surface area contributed by atoms with E-state index in [4.69, 9.17) is 5.73 Å². The van der Waals surface area contributed by atoms with E-state index in [-0.39, 0.29) is 42.1 Å². The minimum atomic E-state index is -2.68. The Labute approximate surface area is 199 Å². The zero-order valence-electron chi connectivity index (χ0n) is 18.2. The first-order valence-electron chi connectivity index (χ1n) is 10.2. The second-order valence-corrected chi connectivity index (χ2v) is 8.72. The average Bonchev–Trinajstić information content (AvgIpc) is 2.72. The van der Waals surface area contributed by atoms with Crippen molar-refractivity contribution in [1.29, 1.82) is 0 Å². The number of rotatable bonds is 4. The molecule has 0 aromatic heterocycles. The minimum Gasteiger partial charge on any atom is -0.510 e. The van der Waals surface area contributed by atoms with Crippen molar-refractivity contribution in [3.8, 4) is 5.75 Å². The van der Waals surface area contributed by atoms with Crippen LogP contribution in [0, 0.1) is 11.8 Å². The molecule has 3 aliphatic carbocycles. The summed E-state index contributed by atoms with van der Waals surface area (Å²) in [5, 5.41) is 46.1. The van der Waals surface area contributed by atoms with Gasteiger partial charge in [-0.25, -0.2) is 0 Å². The number of anilines is 1. The molecule has 4 rings (SSSR count). The lowest BCUT2D eigenvalue weighted by Gasteiger charge is -2.50. The Morgan fingerprint density at radius 3 is 2.44 bits per heavy atom. The summed E-state index contributed by atoms with van der Waals surface area (Å²) in [5.74, 6) is -7.16. The quantitative estimate of drug-likeness (QED) is 0.192. The molecule has 0 fully saturated rings. The molecule has 2 amide bonds. The highest BCUT2D eigenvalue weighted by Crippen LogP contribution is 2.52. The normalized spacial score (nSPS) is 28.1. The van der Waals surface area contributed by atoms with Crippen molar-refractivity contribution in [2.75, 3.05) is 19.4 Å². The monoisotopic (exact) mass is 493 g/mol. The highest BCUT2D eigenvalue weighted by molar-refractivity contribution is 6.24. The number of aliphatic hydroxyl groups excluding tert-OH is 2. The van der Waals surface area contributed by atoms with Crippen molar-refractivity contribution < 1.29 is 39.6 Å². The predicted octanol–water partition coefficient (Wildman–Crippen LogP) is 0.111. The van der Waals surface area contributed by atoms with E-state index in [1.54, 1.807) is 20.2 Å². The molecule has 11 nitrogen and oxygen atoms in total. The number of hydrogen-bond acceptors (Lipinski definition) is 9. The van der Waals surface area contributed by atoms with Gasteiger partial charge in [0.15, 0.2) is 17.1 Å². The second-order valence-electron chi connectivity index (χ2n) is 8.72. The van der Waals surface area contributed by atoms with Gasteiger partial charge in [-0.1, -0.05) is 6.07 Å². The molecule has 12 heteroatoms. The number of hydrogen-bond donors (Lipinski definition) is 6. The van der Waals surface area contributed by atoms with Crippen molar-refractivity contribution in [1.82, 2.24) is 4.90 Å². The maximum atomic E-state index is 13.4. The van der Waals surface area contributed by atoms with Crippen LogP contribution < -0.4 is 11.1 Å². The molecule has 0 heterocycles. The number of phenolic OH excluding ortho intramolecular Hbond substituents is 1. The number of fused-ring (bicyclic) bond motifs is 3. The van der Waals surface area contributed by atoms with Crippen LogP contribution in [0.5, 0.6) is 5.75 Å². The number of aromatic hydroxyl groups is 1. The maximum absolute atomic E-state index is 13.4. The van der Waals surface area contributed by atoms with Gasteiger partial charge in [0.05, 0.1) is 17.3 Å². The van der Waals surface area contributed by atoms with Gasteiger partial charge in [0.1, 0.15) is 17.1 Å². The number of amides is 2.